The molecule has 0 saturated heterocycles. The minimum atomic E-state index is -0.104. The van der Waals surface area contributed by atoms with E-state index >= 15 is 0 Å². The number of hydrogen-bond donors (Lipinski definition) is 1. The Morgan fingerprint density at radius 1 is 0.680 bits per heavy atom. The Balaban J connectivity index is 1.85. The molecule has 1 nitrogen and oxygen atoms in total. The van der Waals surface area contributed by atoms with Gasteiger partial charge < -0.3 is 5.32 Å². The molecule has 4 aromatic rings. The van der Waals surface area contributed by atoms with Crippen LogP contribution in [0.5, 0.6) is 0 Å². The Morgan fingerprint density at radius 2 is 1.48 bits per heavy atom. The van der Waals surface area contributed by atoms with Crippen LogP contribution >= 0.6 is 0 Å². The van der Waals surface area contributed by atoms with Gasteiger partial charge in [-0.1, -0.05) is 66.7 Å². The van der Waals surface area contributed by atoms with Crippen molar-refractivity contribution in [2.75, 3.05) is 5.32 Å². The molecule has 0 amide bonds. The second kappa shape index (κ2) is 4.31. The molecule has 1 aliphatic heterocycles. The number of benzene rings is 4. The first-order chi connectivity index (χ1) is 12.3. The molecule has 6 rings (SSSR count). The summed E-state index contributed by atoms with van der Waals surface area (Å²) in [6.45, 7) is 2.38. The zero-order valence-corrected chi connectivity index (χ0v) is 14.0. The summed E-state index contributed by atoms with van der Waals surface area (Å²) in [6, 6.07) is 28.7. The smallest absolute Gasteiger partial charge is 0.0476 e. The first-order valence-corrected chi connectivity index (χ1v) is 8.81. The summed E-state index contributed by atoms with van der Waals surface area (Å²) < 4.78 is 0. The van der Waals surface area contributed by atoms with Crippen LogP contribution in [-0.2, 0) is 5.41 Å². The molecular weight excluding hydrogens is 302 g/mol. The number of para-hydroxylation sites is 1. The number of rotatable bonds is 0. The van der Waals surface area contributed by atoms with Crippen molar-refractivity contribution in [3.63, 3.8) is 0 Å². The molecule has 0 aromatic heterocycles. The third-order valence-corrected chi connectivity index (χ3v) is 6.04. The quantitative estimate of drug-likeness (QED) is 0.405. The first-order valence-electron chi connectivity index (χ1n) is 8.81. The highest BCUT2D eigenvalue weighted by Gasteiger charge is 2.46. The Morgan fingerprint density at radius 3 is 2.44 bits per heavy atom. The van der Waals surface area contributed by atoms with Gasteiger partial charge >= 0.3 is 0 Å². The van der Waals surface area contributed by atoms with Crippen LogP contribution in [-0.4, -0.2) is 0 Å². The van der Waals surface area contributed by atoms with E-state index in [1.54, 1.807) is 0 Å². The molecular formula is C24H17N. The van der Waals surface area contributed by atoms with Crippen molar-refractivity contribution in [1.82, 2.24) is 0 Å². The highest BCUT2D eigenvalue weighted by Crippen LogP contribution is 2.60. The molecule has 1 N–H and O–H groups in total. The van der Waals surface area contributed by atoms with Gasteiger partial charge in [-0.25, -0.2) is 0 Å². The van der Waals surface area contributed by atoms with E-state index in [1.807, 2.05) is 0 Å². The first kappa shape index (κ1) is 13.3. The molecule has 25 heavy (non-hydrogen) atoms. The number of fused-ring (bicyclic) bond motifs is 7. The van der Waals surface area contributed by atoms with Crippen LogP contribution in [0.1, 0.15) is 23.6 Å². The molecule has 0 fully saturated rings. The van der Waals surface area contributed by atoms with E-state index in [0.29, 0.717) is 0 Å². The van der Waals surface area contributed by atoms with Gasteiger partial charge in [-0.3, -0.25) is 0 Å². The van der Waals surface area contributed by atoms with Crippen molar-refractivity contribution < 1.29 is 0 Å². The summed E-state index contributed by atoms with van der Waals surface area (Å²) in [4.78, 5) is 0. The lowest BCUT2D eigenvalue weighted by molar-refractivity contribution is 0.710. The highest BCUT2D eigenvalue weighted by atomic mass is 14.9. The van der Waals surface area contributed by atoms with Gasteiger partial charge in [0.2, 0.25) is 0 Å². The standard InChI is InChI=1S/C24H17N/c1-24-18-10-4-5-11-20(18)25-21-12-6-9-17(23(21)24)22-16-8-3-2-7-15(16)13-14-19(22)24/h2-14,25H,1H3. The van der Waals surface area contributed by atoms with E-state index in [9.17, 15) is 0 Å². The topological polar surface area (TPSA) is 12.0 Å². The Labute approximate surface area is 146 Å². The molecule has 4 aromatic carbocycles. The van der Waals surface area contributed by atoms with Gasteiger partial charge in [-0.2, -0.15) is 0 Å². The van der Waals surface area contributed by atoms with Gasteiger partial charge in [-0.15, -0.1) is 0 Å². The van der Waals surface area contributed by atoms with Gasteiger partial charge in [0.25, 0.3) is 0 Å². The maximum atomic E-state index is 3.66. The Hall–Kier alpha value is -3.06. The van der Waals surface area contributed by atoms with Crippen molar-refractivity contribution in [3.05, 3.63) is 95.6 Å². The molecule has 118 valence electrons. The van der Waals surface area contributed by atoms with Gasteiger partial charge in [0.15, 0.2) is 0 Å². The SMILES string of the molecule is CC12c3ccccc3Nc3cccc(c31)-c1c2ccc2ccccc12. The molecule has 2 aliphatic rings. The van der Waals surface area contributed by atoms with Crippen molar-refractivity contribution in [2.24, 2.45) is 0 Å². The summed E-state index contributed by atoms with van der Waals surface area (Å²) in [5.74, 6) is 0. The minimum Gasteiger partial charge on any atom is -0.355 e. The Kier molecular flexibility index (Phi) is 2.29. The largest absolute Gasteiger partial charge is 0.355 e. The van der Waals surface area contributed by atoms with Crippen LogP contribution in [0.4, 0.5) is 11.4 Å². The lowest BCUT2D eigenvalue weighted by Crippen LogP contribution is -2.28. The normalized spacial score (nSPS) is 19.1. The molecule has 0 radical (unpaired) electrons. The summed E-state index contributed by atoms with van der Waals surface area (Å²) in [5.41, 5.74) is 9.32. The third kappa shape index (κ3) is 1.45. The fraction of sp³-hybridized carbons (Fsp3) is 0.0833. The second-order valence-corrected chi connectivity index (χ2v) is 7.23. The zero-order chi connectivity index (χ0) is 16.6. The maximum Gasteiger partial charge on any atom is 0.0476 e. The maximum absolute atomic E-state index is 3.66. The van der Waals surface area contributed by atoms with Crippen molar-refractivity contribution in [3.8, 4) is 11.1 Å². The Bertz CT molecular complexity index is 1190. The van der Waals surface area contributed by atoms with E-state index in [0.717, 1.165) is 0 Å². The molecule has 0 saturated carbocycles. The zero-order valence-electron chi connectivity index (χ0n) is 14.0. The van der Waals surface area contributed by atoms with E-state index in [1.165, 1.54) is 50.0 Å². The van der Waals surface area contributed by atoms with Gasteiger partial charge in [-0.05, 0) is 57.6 Å². The highest BCUT2D eigenvalue weighted by molar-refractivity contribution is 6.05. The lowest BCUT2D eigenvalue weighted by atomic mass is 9.71. The van der Waals surface area contributed by atoms with E-state index in [4.69, 9.17) is 0 Å². The van der Waals surface area contributed by atoms with Gasteiger partial charge in [0.05, 0.1) is 0 Å². The molecule has 1 unspecified atom stereocenters. The fourth-order valence-corrected chi connectivity index (χ4v) is 4.97. The fourth-order valence-electron chi connectivity index (χ4n) is 4.97. The van der Waals surface area contributed by atoms with Crippen molar-refractivity contribution in [1.29, 1.82) is 0 Å². The number of hydrogen-bond acceptors (Lipinski definition) is 1. The van der Waals surface area contributed by atoms with Gasteiger partial charge in [0.1, 0.15) is 0 Å². The van der Waals surface area contributed by atoms with E-state index in [2.05, 4.69) is 91.1 Å². The van der Waals surface area contributed by atoms with Crippen LogP contribution in [0.2, 0.25) is 0 Å². The molecule has 0 spiro atoms. The lowest BCUT2D eigenvalue weighted by Gasteiger charge is -2.36. The minimum absolute atomic E-state index is 0.104. The molecule has 1 heterocycles. The van der Waals surface area contributed by atoms with Crippen molar-refractivity contribution >= 4 is 22.1 Å². The predicted octanol–water partition coefficient (Wildman–Crippen LogP) is 6.23. The van der Waals surface area contributed by atoms with Crippen LogP contribution in [0, 0.1) is 0 Å². The van der Waals surface area contributed by atoms with Crippen LogP contribution in [0.25, 0.3) is 21.9 Å². The number of anilines is 2. The predicted molar refractivity (Wildman–Crippen MR) is 105 cm³/mol. The van der Waals surface area contributed by atoms with Gasteiger partial charge in [0, 0.05) is 16.8 Å². The monoisotopic (exact) mass is 319 g/mol. The third-order valence-electron chi connectivity index (χ3n) is 6.04. The van der Waals surface area contributed by atoms with Crippen LogP contribution < -0.4 is 5.32 Å². The van der Waals surface area contributed by atoms with E-state index in [-0.39, 0.29) is 5.41 Å². The molecule has 0 bridgehead atoms. The summed E-state index contributed by atoms with van der Waals surface area (Å²) in [6.07, 6.45) is 0. The molecule has 1 aliphatic carbocycles. The van der Waals surface area contributed by atoms with Crippen LogP contribution in [0.3, 0.4) is 0 Å². The van der Waals surface area contributed by atoms with Crippen LogP contribution in [0.15, 0.2) is 78.9 Å². The average Bonchev–Trinajstić information content (AvgIpc) is 2.94. The van der Waals surface area contributed by atoms with Crippen molar-refractivity contribution in [2.45, 2.75) is 12.3 Å². The number of nitrogens with one attached hydrogen (secondary N) is 1. The summed E-state index contributed by atoms with van der Waals surface area (Å²) in [7, 11) is 0. The summed E-state index contributed by atoms with van der Waals surface area (Å²) in [5, 5.41) is 6.32. The average molecular weight is 319 g/mol. The molecule has 1 atom stereocenters. The summed E-state index contributed by atoms with van der Waals surface area (Å²) >= 11 is 0. The van der Waals surface area contributed by atoms with E-state index < -0.39 is 0 Å². The molecule has 1 heteroatoms. The second-order valence-electron chi connectivity index (χ2n) is 7.23.